The molecule has 144 valence electrons. The minimum atomic E-state index is -0.357. The highest BCUT2D eigenvalue weighted by atomic mass is 35.5. The second-order valence-corrected chi connectivity index (χ2v) is 7.58. The lowest BCUT2D eigenvalue weighted by Crippen LogP contribution is -2.41. The van der Waals surface area contributed by atoms with Crippen LogP contribution >= 0.6 is 23.4 Å². The molecule has 0 aliphatic carbocycles. The van der Waals surface area contributed by atoms with E-state index in [9.17, 15) is 9.59 Å². The Kier molecular flexibility index (Phi) is 8.00. The summed E-state index contributed by atoms with van der Waals surface area (Å²) in [6, 6.07) is 14.5. The lowest BCUT2D eigenvalue weighted by atomic mass is 10.3. The van der Waals surface area contributed by atoms with Crippen molar-refractivity contribution in [2.75, 3.05) is 25.5 Å². The van der Waals surface area contributed by atoms with Crippen LogP contribution in [-0.4, -0.2) is 42.2 Å². The van der Waals surface area contributed by atoms with Crippen LogP contribution in [0.2, 0.25) is 5.02 Å². The molecule has 0 fully saturated rings. The van der Waals surface area contributed by atoms with Crippen molar-refractivity contribution < 1.29 is 14.3 Å². The Morgan fingerprint density at radius 1 is 1.19 bits per heavy atom. The minimum absolute atomic E-state index is 0.0270. The number of thioether (sulfide) groups is 1. The number of anilines is 1. The van der Waals surface area contributed by atoms with Crippen LogP contribution in [0.4, 0.5) is 5.69 Å². The van der Waals surface area contributed by atoms with Crippen molar-refractivity contribution in [3.63, 3.8) is 0 Å². The summed E-state index contributed by atoms with van der Waals surface area (Å²) < 4.78 is 5.23. The van der Waals surface area contributed by atoms with Crippen molar-refractivity contribution in [1.82, 2.24) is 4.90 Å². The zero-order valence-electron chi connectivity index (χ0n) is 15.6. The Balaban J connectivity index is 1.99. The van der Waals surface area contributed by atoms with Crippen molar-refractivity contribution in [1.29, 1.82) is 0 Å². The summed E-state index contributed by atoms with van der Waals surface area (Å²) in [5.74, 6) is 0.185. The second kappa shape index (κ2) is 10.2. The first-order valence-electron chi connectivity index (χ1n) is 8.59. The Morgan fingerprint density at radius 3 is 2.52 bits per heavy atom. The van der Waals surface area contributed by atoms with Gasteiger partial charge in [-0.3, -0.25) is 9.59 Å². The van der Waals surface area contributed by atoms with Crippen molar-refractivity contribution in [2.24, 2.45) is 0 Å². The van der Waals surface area contributed by atoms with Gasteiger partial charge in [0.1, 0.15) is 5.75 Å². The highest BCUT2D eigenvalue weighted by Crippen LogP contribution is 2.30. The van der Waals surface area contributed by atoms with Crippen LogP contribution in [0, 0.1) is 0 Å². The van der Waals surface area contributed by atoms with Crippen LogP contribution in [0.3, 0.4) is 0 Å². The molecule has 27 heavy (non-hydrogen) atoms. The number of rotatable bonds is 8. The average molecular weight is 407 g/mol. The van der Waals surface area contributed by atoms with Gasteiger partial charge in [0.2, 0.25) is 11.8 Å². The first-order valence-corrected chi connectivity index (χ1v) is 9.84. The number of hydrogen-bond donors (Lipinski definition) is 1. The first-order chi connectivity index (χ1) is 13.0. The van der Waals surface area contributed by atoms with Crippen LogP contribution in [-0.2, 0) is 9.59 Å². The summed E-state index contributed by atoms with van der Waals surface area (Å²) in [5.41, 5.74) is 0.576. The first kappa shape index (κ1) is 21.1. The predicted molar refractivity (Wildman–Crippen MR) is 111 cm³/mol. The predicted octanol–water partition coefficient (Wildman–Crippen LogP) is 4.32. The van der Waals surface area contributed by atoms with Gasteiger partial charge in [0.25, 0.3) is 0 Å². The zero-order valence-corrected chi connectivity index (χ0v) is 17.1. The Bertz CT molecular complexity index is 800. The van der Waals surface area contributed by atoms with Crippen LogP contribution in [0.25, 0.3) is 0 Å². The molecule has 2 amide bonds. The molecule has 0 saturated heterocycles. The van der Waals surface area contributed by atoms with E-state index < -0.39 is 0 Å². The monoisotopic (exact) mass is 406 g/mol. The molecule has 7 heteroatoms. The van der Waals surface area contributed by atoms with Crippen LogP contribution in [0.15, 0.2) is 53.4 Å². The molecule has 0 aliphatic heterocycles. The fraction of sp³-hybridized carbons (Fsp3) is 0.300. The van der Waals surface area contributed by atoms with E-state index in [2.05, 4.69) is 5.32 Å². The van der Waals surface area contributed by atoms with E-state index in [0.717, 1.165) is 4.90 Å². The van der Waals surface area contributed by atoms with Crippen molar-refractivity contribution >= 4 is 40.9 Å². The number of amides is 2. The molecule has 0 spiro atoms. The molecule has 0 radical (unpaired) electrons. The Labute approximate surface area is 169 Å². The third-order valence-electron chi connectivity index (χ3n) is 3.90. The maximum Gasteiger partial charge on any atom is 0.244 e. The molecular formula is C20H23ClN2O3S. The van der Waals surface area contributed by atoms with Gasteiger partial charge in [0.15, 0.2) is 0 Å². The third-order valence-corrected chi connectivity index (χ3v) is 5.50. The van der Waals surface area contributed by atoms with Crippen LogP contribution in [0.1, 0.15) is 13.8 Å². The molecule has 0 bridgehead atoms. The van der Waals surface area contributed by atoms with E-state index in [1.807, 2.05) is 44.2 Å². The molecule has 1 N–H and O–H groups in total. The molecular weight excluding hydrogens is 384 g/mol. The van der Waals surface area contributed by atoms with E-state index in [1.54, 1.807) is 25.3 Å². The lowest BCUT2D eigenvalue weighted by Gasteiger charge is -2.24. The largest absolute Gasteiger partial charge is 0.495 e. The summed E-state index contributed by atoms with van der Waals surface area (Å²) in [6.45, 7) is 4.07. The Hall–Kier alpha value is -2.18. The number of nitrogens with one attached hydrogen (secondary N) is 1. The number of para-hydroxylation sites is 2. The van der Waals surface area contributed by atoms with Gasteiger partial charge in [0, 0.05) is 11.4 Å². The quantitative estimate of drug-likeness (QED) is 0.663. The molecule has 1 atom stereocenters. The molecule has 2 aromatic carbocycles. The van der Waals surface area contributed by atoms with Gasteiger partial charge in [-0.2, -0.15) is 0 Å². The normalized spacial score (nSPS) is 11.6. The highest BCUT2D eigenvalue weighted by molar-refractivity contribution is 8.00. The van der Waals surface area contributed by atoms with E-state index in [-0.39, 0.29) is 23.6 Å². The van der Waals surface area contributed by atoms with Gasteiger partial charge in [-0.25, -0.2) is 0 Å². The van der Waals surface area contributed by atoms with E-state index in [0.29, 0.717) is 23.0 Å². The SMILES string of the molecule is CCN(CC(=O)Nc1ccccc1OC)C(=O)C(C)Sc1ccccc1Cl. The number of likely N-dealkylation sites (N-methyl/N-ethyl adjacent to an activating group) is 1. The standard InChI is InChI=1S/C20H23ClN2O3S/c1-4-23(13-19(24)22-16-10-6-7-11-17(16)26-3)20(25)14(2)27-18-12-8-5-9-15(18)21/h5-12,14H,4,13H2,1-3H3,(H,22,24). The molecule has 0 heterocycles. The van der Waals surface area contributed by atoms with Gasteiger partial charge < -0.3 is 15.0 Å². The number of halogens is 1. The number of methoxy groups -OCH3 is 1. The lowest BCUT2D eigenvalue weighted by molar-refractivity contribution is -0.133. The smallest absolute Gasteiger partial charge is 0.244 e. The number of carbonyl (C=O) groups is 2. The molecule has 0 aromatic heterocycles. The summed E-state index contributed by atoms with van der Waals surface area (Å²) in [6.07, 6.45) is 0. The number of benzene rings is 2. The van der Waals surface area contributed by atoms with Crippen molar-refractivity contribution in [2.45, 2.75) is 24.0 Å². The van der Waals surface area contributed by atoms with Gasteiger partial charge in [-0.1, -0.05) is 35.9 Å². The zero-order chi connectivity index (χ0) is 19.8. The van der Waals surface area contributed by atoms with Crippen LogP contribution < -0.4 is 10.1 Å². The fourth-order valence-electron chi connectivity index (χ4n) is 2.49. The second-order valence-electron chi connectivity index (χ2n) is 5.79. The number of ether oxygens (including phenoxy) is 1. The third kappa shape index (κ3) is 5.91. The molecule has 2 rings (SSSR count). The van der Waals surface area contributed by atoms with Crippen molar-refractivity contribution in [3.05, 3.63) is 53.6 Å². The molecule has 1 unspecified atom stereocenters. The highest BCUT2D eigenvalue weighted by Gasteiger charge is 2.23. The maximum absolute atomic E-state index is 12.8. The number of hydrogen-bond acceptors (Lipinski definition) is 4. The Morgan fingerprint density at radius 2 is 1.85 bits per heavy atom. The van der Waals surface area contributed by atoms with Gasteiger partial charge >= 0.3 is 0 Å². The van der Waals surface area contributed by atoms with Gasteiger partial charge in [-0.15, -0.1) is 11.8 Å². The molecule has 0 aliphatic rings. The topological polar surface area (TPSA) is 58.6 Å². The summed E-state index contributed by atoms with van der Waals surface area (Å²) in [4.78, 5) is 27.5. The van der Waals surface area contributed by atoms with Gasteiger partial charge in [0.05, 0.1) is 29.6 Å². The number of carbonyl (C=O) groups excluding carboxylic acids is 2. The van der Waals surface area contributed by atoms with E-state index in [1.165, 1.54) is 16.7 Å². The van der Waals surface area contributed by atoms with Crippen molar-refractivity contribution in [3.8, 4) is 5.75 Å². The maximum atomic E-state index is 12.8. The summed E-state index contributed by atoms with van der Waals surface area (Å²) in [5, 5.41) is 3.05. The van der Waals surface area contributed by atoms with Crippen LogP contribution in [0.5, 0.6) is 5.75 Å². The number of nitrogens with zero attached hydrogens (tertiary/aromatic N) is 1. The molecule has 5 nitrogen and oxygen atoms in total. The summed E-state index contributed by atoms with van der Waals surface area (Å²) in [7, 11) is 1.54. The average Bonchev–Trinajstić information content (AvgIpc) is 2.67. The van der Waals surface area contributed by atoms with E-state index in [4.69, 9.17) is 16.3 Å². The fourth-order valence-corrected chi connectivity index (χ4v) is 3.73. The molecule has 0 saturated carbocycles. The minimum Gasteiger partial charge on any atom is -0.495 e. The van der Waals surface area contributed by atoms with Gasteiger partial charge in [-0.05, 0) is 38.1 Å². The molecule has 2 aromatic rings. The van der Waals surface area contributed by atoms with E-state index >= 15 is 0 Å². The summed E-state index contributed by atoms with van der Waals surface area (Å²) >= 11 is 7.55.